The molecule has 0 bridgehead atoms. The second-order valence-electron chi connectivity index (χ2n) is 7.98. The van der Waals surface area contributed by atoms with Crippen LogP contribution < -0.4 is 15.1 Å². The zero-order chi connectivity index (χ0) is 21.6. The summed E-state index contributed by atoms with van der Waals surface area (Å²) in [4.78, 5) is 25.8. The molecule has 1 aliphatic carbocycles. The average molecular weight is 480 g/mol. The number of nitrogens with zero attached hydrogens (tertiary/aromatic N) is 4. The van der Waals surface area contributed by atoms with E-state index in [1.807, 2.05) is 18.2 Å². The number of anilines is 2. The fourth-order valence-electron chi connectivity index (χ4n) is 4.12. The number of hydrogen-bond donors (Lipinski definition) is 1. The minimum Gasteiger partial charge on any atom is -0.368 e. The Balaban J connectivity index is 1.32. The van der Waals surface area contributed by atoms with E-state index in [-0.39, 0.29) is 5.91 Å². The molecule has 1 aliphatic heterocycles. The summed E-state index contributed by atoms with van der Waals surface area (Å²) in [6.07, 6.45) is 5.82. The molecule has 166 valence electrons. The molecule has 1 aromatic heterocycles. The highest BCUT2D eigenvalue weighted by atomic mass is 35.5. The van der Waals surface area contributed by atoms with Crippen LogP contribution in [0.4, 0.5) is 11.5 Å². The highest BCUT2D eigenvalue weighted by molar-refractivity contribution is 7.99. The van der Waals surface area contributed by atoms with Gasteiger partial charge in [0.05, 0.1) is 5.75 Å². The van der Waals surface area contributed by atoms with Crippen molar-refractivity contribution < 1.29 is 4.79 Å². The summed E-state index contributed by atoms with van der Waals surface area (Å²) < 4.78 is 0. The fourth-order valence-corrected chi connectivity index (χ4v) is 5.20. The van der Waals surface area contributed by atoms with E-state index < -0.39 is 0 Å². The second-order valence-corrected chi connectivity index (χ2v) is 9.74. The van der Waals surface area contributed by atoms with Crippen molar-refractivity contribution in [2.75, 3.05) is 41.7 Å². The normalized spacial score (nSPS) is 17.6. The lowest BCUT2D eigenvalue weighted by Crippen LogP contribution is -2.46. The summed E-state index contributed by atoms with van der Waals surface area (Å²) in [5.74, 6) is 1.15. The number of amides is 1. The van der Waals surface area contributed by atoms with Gasteiger partial charge in [-0.2, -0.15) is 0 Å². The number of halogens is 2. The quantitative estimate of drug-likeness (QED) is 0.369. The van der Waals surface area contributed by atoms with Gasteiger partial charge in [0, 0.05) is 49.0 Å². The number of rotatable bonds is 6. The molecule has 0 spiro atoms. The van der Waals surface area contributed by atoms with Crippen LogP contribution >= 0.6 is 35.0 Å². The maximum atomic E-state index is 12.3. The molecule has 2 heterocycles. The lowest BCUT2D eigenvalue weighted by atomic mass is 9.95. The SMILES string of the molecule is O=C(CSc1nc(Cl)cc(N2CCN(c3cccc(Cl)c3)CC2)n1)NC1CCCCC1. The van der Waals surface area contributed by atoms with Gasteiger partial charge in [-0.3, -0.25) is 4.79 Å². The largest absolute Gasteiger partial charge is 0.368 e. The number of piperazine rings is 1. The first kappa shape index (κ1) is 22.5. The summed E-state index contributed by atoms with van der Waals surface area (Å²) in [7, 11) is 0. The number of carbonyl (C=O) groups excluding carboxylic acids is 1. The van der Waals surface area contributed by atoms with Crippen LogP contribution in [0.25, 0.3) is 0 Å². The molecule has 2 aromatic rings. The van der Waals surface area contributed by atoms with Crippen molar-refractivity contribution in [2.45, 2.75) is 43.3 Å². The summed E-state index contributed by atoms with van der Waals surface area (Å²) in [6, 6.07) is 10.0. The van der Waals surface area contributed by atoms with E-state index >= 15 is 0 Å². The monoisotopic (exact) mass is 479 g/mol. The molecule has 0 atom stereocenters. The van der Waals surface area contributed by atoms with E-state index in [9.17, 15) is 4.79 Å². The van der Waals surface area contributed by atoms with Crippen molar-refractivity contribution in [2.24, 2.45) is 0 Å². The molecule has 31 heavy (non-hydrogen) atoms. The number of carbonyl (C=O) groups is 1. The van der Waals surface area contributed by atoms with Crippen LogP contribution in [0, 0.1) is 0 Å². The summed E-state index contributed by atoms with van der Waals surface area (Å²) in [5.41, 5.74) is 1.13. The van der Waals surface area contributed by atoms with E-state index in [0.29, 0.717) is 22.1 Å². The van der Waals surface area contributed by atoms with Crippen molar-refractivity contribution >= 4 is 52.4 Å². The van der Waals surface area contributed by atoms with Gasteiger partial charge in [0.1, 0.15) is 11.0 Å². The van der Waals surface area contributed by atoms with Gasteiger partial charge >= 0.3 is 0 Å². The van der Waals surface area contributed by atoms with E-state index in [2.05, 4.69) is 31.2 Å². The highest BCUT2D eigenvalue weighted by Crippen LogP contribution is 2.25. The smallest absolute Gasteiger partial charge is 0.230 e. The zero-order valence-electron chi connectivity index (χ0n) is 17.4. The summed E-state index contributed by atoms with van der Waals surface area (Å²) in [5, 5.41) is 4.82. The highest BCUT2D eigenvalue weighted by Gasteiger charge is 2.20. The zero-order valence-corrected chi connectivity index (χ0v) is 19.7. The number of nitrogens with one attached hydrogen (secondary N) is 1. The summed E-state index contributed by atoms with van der Waals surface area (Å²) >= 11 is 13.7. The maximum absolute atomic E-state index is 12.3. The fraction of sp³-hybridized carbons (Fsp3) is 0.500. The van der Waals surface area contributed by atoms with E-state index in [1.54, 1.807) is 6.07 Å². The van der Waals surface area contributed by atoms with Gasteiger partial charge in [-0.1, -0.05) is 60.3 Å². The molecule has 0 unspecified atom stereocenters. The Morgan fingerprint density at radius 1 is 1.03 bits per heavy atom. The molecular weight excluding hydrogens is 453 g/mol. The molecule has 2 fully saturated rings. The average Bonchev–Trinajstić information content (AvgIpc) is 2.78. The Morgan fingerprint density at radius 2 is 1.77 bits per heavy atom. The van der Waals surface area contributed by atoms with Crippen LogP contribution in [0.2, 0.25) is 10.2 Å². The molecule has 1 aromatic carbocycles. The van der Waals surface area contributed by atoms with Gasteiger partial charge in [0.2, 0.25) is 5.91 Å². The Hall–Kier alpha value is -1.70. The van der Waals surface area contributed by atoms with Gasteiger partial charge < -0.3 is 15.1 Å². The van der Waals surface area contributed by atoms with Crippen LogP contribution in [0.15, 0.2) is 35.5 Å². The van der Waals surface area contributed by atoms with E-state index in [1.165, 1.54) is 31.0 Å². The minimum absolute atomic E-state index is 0.0390. The standard InChI is InChI=1S/C22H27Cl2N5OS/c23-16-5-4-8-18(13-16)28-9-11-29(12-10-28)20-14-19(24)26-22(27-20)31-15-21(30)25-17-6-2-1-3-7-17/h4-5,8,13-14,17H,1-3,6-7,9-12,15H2,(H,25,30). The third-order valence-electron chi connectivity index (χ3n) is 5.74. The van der Waals surface area contributed by atoms with Crippen molar-refractivity contribution in [1.82, 2.24) is 15.3 Å². The molecule has 4 rings (SSSR count). The molecule has 6 nitrogen and oxygen atoms in total. The van der Waals surface area contributed by atoms with E-state index in [0.717, 1.165) is 55.5 Å². The van der Waals surface area contributed by atoms with Gasteiger partial charge in [0.25, 0.3) is 0 Å². The van der Waals surface area contributed by atoms with Gasteiger partial charge in [0.15, 0.2) is 5.16 Å². The van der Waals surface area contributed by atoms with Gasteiger partial charge in [-0.05, 0) is 31.0 Å². The summed E-state index contributed by atoms with van der Waals surface area (Å²) in [6.45, 7) is 3.39. The second kappa shape index (κ2) is 10.7. The van der Waals surface area contributed by atoms with Crippen LogP contribution in [0.1, 0.15) is 32.1 Å². The predicted molar refractivity (Wildman–Crippen MR) is 129 cm³/mol. The van der Waals surface area contributed by atoms with Crippen molar-refractivity contribution in [1.29, 1.82) is 0 Å². The number of benzene rings is 1. The molecule has 1 saturated carbocycles. The molecule has 1 N–H and O–H groups in total. The lowest BCUT2D eigenvalue weighted by molar-refractivity contribution is -0.119. The third-order valence-corrected chi connectivity index (χ3v) is 7.02. The Labute approximate surface area is 197 Å². The van der Waals surface area contributed by atoms with Crippen LogP contribution in [-0.2, 0) is 4.79 Å². The Morgan fingerprint density at radius 3 is 2.52 bits per heavy atom. The van der Waals surface area contributed by atoms with Crippen molar-refractivity contribution in [3.8, 4) is 0 Å². The van der Waals surface area contributed by atoms with Crippen LogP contribution in [-0.4, -0.2) is 53.8 Å². The number of aromatic nitrogens is 2. The predicted octanol–water partition coefficient (Wildman–Crippen LogP) is 4.65. The van der Waals surface area contributed by atoms with Gasteiger partial charge in [-0.25, -0.2) is 9.97 Å². The first-order valence-corrected chi connectivity index (χ1v) is 12.5. The Kier molecular flexibility index (Phi) is 7.80. The maximum Gasteiger partial charge on any atom is 0.230 e. The Bertz CT molecular complexity index is 901. The number of hydrogen-bond acceptors (Lipinski definition) is 6. The molecule has 0 radical (unpaired) electrons. The van der Waals surface area contributed by atoms with Crippen LogP contribution in [0.5, 0.6) is 0 Å². The molecule has 1 saturated heterocycles. The third kappa shape index (κ3) is 6.40. The molecule has 1 amide bonds. The van der Waals surface area contributed by atoms with Gasteiger partial charge in [-0.15, -0.1) is 0 Å². The molecule has 9 heteroatoms. The van der Waals surface area contributed by atoms with Crippen molar-refractivity contribution in [3.05, 3.63) is 40.5 Å². The first-order valence-electron chi connectivity index (χ1n) is 10.8. The van der Waals surface area contributed by atoms with Crippen LogP contribution in [0.3, 0.4) is 0 Å². The molecule has 2 aliphatic rings. The molecular formula is C22H27Cl2N5OS. The van der Waals surface area contributed by atoms with E-state index in [4.69, 9.17) is 23.2 Å². The van der Waals surface area contributed by atoms with Crippen molar-refractivity contribution in [3.63, 3.8) is 0 Å². The minimum atomic E-state index is 0.0390. The number of thioether (sulfide) groups is 1. The first-order chi connectivity index (χ1) is 15.1. The lowest BCUT2D eigenvalue weighted by Gasteiger charge is -2.36. The topological polar surface area (TPSA) is 61.4 Å².